The third-order valence-corrected chi connectivity index (χ3v) is 5.16. The van der Waals surface area contributed by atoms with E-state index in [1.165, 1.54) is 16.7 Å². The lowest BCUT2D eigenvalue weighted by molar-refractivity contribution is 0.393. The summed E-state index contributed by atoms with van der Waals surface area (Å²) in [5.41, 5.74) is 8.97. The van der Waals surface area contributed by atoms with Gasteiger partial charge in [0.25, 0.3) is 0 Å². The van der Waals surface area contributed by atoms with Crippen LogP contribution in [0.3, 0.4) is 0 Å². The predicted molar refractivity (Wildman–Crippen MR) is 114 cm³/mol. The van der Waals surface area contributed by atoms with Gasteiger partial charge in [-0.05, 0) is 73.4 Å². The lowest BCUT2D eigenvalue weighted by atomic mass is 10.0. The number of pyridine rings is 1. The van der Waals surface area contributed by atoms with Crippen LogP contribution in [0.1, 0.15) is 17.0 Å². The van der Waals surface area contributed by atoms with E-state index in [-0.39, 0.29) is 0 Å². The molecule has 0 spiro atoms. The summed E-state index contributed by atoms with van der Waals surface area (Å²) in [4.78, 5) is 6.30. The maximum absolute atomic E-state index is 5.35. The molecular weight excluding hydrogens is 346 g/mol. The summed E-state index contributed by atoms with van der Waals surface area (Å²) in [6.07, 6.45) is 3.64. The van der Waals surface area contributed by atoms with Crippen LogP contribution in [0, 0.1) is 20.8 Å². The Morgan fingerprint density at radius 2 is 1.43 bits per heavy atom. The Bertz CT molecular complexity index is 1080. The number of aromatic nitrogens is 2. The summed E-state index contributed by atoms with van der Waals surface area (Å²) < 4.78 is 5.35. The molecule has 4 rings (SSSR count). The van der Waals surface area contributed by atoms with Crippen molar-refractivity contribution >= 4 is 11.4 Å². The first-order valence-electron chi connectivity index (χ1n) is 9.32. The lowest BCUT2D eigenvalue weighted by Crippen LogP contribution is -2.11. The van der Waals surface area contributed by atoms with Crippen LogP contribution in [0.2, 0.25) is 0 Å². The predicted octanol–water partition coefficient (Wildman–Crippen LogP) is 6.10. The molecule has 0 bridgehead atoms. The highest BCUT2D eigenvalue weighted by atomic mass is 16.5. The van der Waals surface area contributed by atoms with Crippen LogP contribution in [0.25, 0.3) is 22.3 Å². The highest BCUT2D eigenvalue weighted by Crippen LogP contribution is 2.34. The maximum Gasteiger partial charge on any atom is 0.141 e. The second kappa shape index (κ2) is 7.31. The van der Waals surface area contributed by atoms with E-state index in [0.29, 0.717) is 0 Å². The largest absolute Gasteiger partial charge is 0.361 e. The van der Waals surface area contributed by atoms with E-state index in [4.69, 9.17) is 4.52 Å². The lowest BCUT2D eigenvalue weighted by Gasteiger charge is -2.23. The number of hydrogen-bond donors (Lipinski definition) is 0. The number of hydrogen-bond acceptors (Lipinski definition) is 4. The number of benzene rings is 2. The Morgan fingerprint density at radius 3 is 2.07 bits per heavy atom. The molecule has 4 heteroatoms. The summed E-state index contributed by atoms with van der Waals surface area (Å²) >= 11 is 0. The van der Waals surface area contributed by atoms with Gasteiger partial charge in [0.2, 0.25) is 0 Å². The second-order valence-electron chi connectivity index (χ2n) is 7.04. The van der Waals surface area contributed by atoms with Gasteiger partial charge in [0, 0.05) is 36.4 Å². The molecular formula is C24H23N3O. The number of aryl methyl sites for hydroxylation is 3. The first kappa shape index (κ1) is 18.0. The molecule has 0 atom stereocenters. The highest BCUT2D eigenvalue weighted by Gasteiger charge is 2.15. The van der Waals surface area contributed by atoms with Crippen molar-refractivity contribution in [3.05, 3.63) is 84.0 Å². The standard InChI is InChI=1S/C24H23N3O/c1-16-5-6-21(24-17(2)26-28-18(24)3)15-23(16)27(4)22-9-7-19(8-10-22)20-11-13-25-14-12-20/h5-15H,1-4H3. The fraction of sp³-hybridized carbons (Fsp3) is 0.167. The average molecular weight is 369 g/mol. The second-order valence-corrected chi connectivity index (χ2v) is 7.04. The first-order valence-corrected chi connectivity index (χ1v) is 9.32. The average Bonchev–Trinajstić information content (AvgIpc) is 3.07. The first-order chi connectivity index (χ1) is 13.5. The zero-order chi connectivity index (χ0) is 19.7. The topological polar surface area (TPSA) is 42.2 Å². The van der Waals surface area contributed by atoms with E-state index in [9.17, 15) is 0 Å². The molecule has 0 fully saturated rings. The minimum Gasteiger partial charge on any atom is -0.361 e. The maximum atomic E-state index is 5.35. The monoisotopic (exact) mass is 369 g/mol. The van der Waals surface area contributed by atoms with Crippen molar-refractivity contribution in [3.8, 4) is 22.3 Å². The fourth-order valence-corrected chi connectivity index (χ4v) is 3.58. The Morgan fingerprint density at radius 1 is 0.786 bits per heavy atom. The molecule has 0 N–H and O–H groups in total. The summed E-state index contributed by atoms with van der Waals surface area (Å²) in [6.45, 7) is 6.07. The van der Waals surface area contributed by atoms with Crippen molar-refractivity contribution in [1.82, 2.24) is 10.1 Å². The van der Waals surface area contributed by atoms with Gasteiger partial charge >= 0.3 is 0 Å². The molecule has 28 heavy (non-hydrogen) atoms. The van der Waals surface area contributed by atoms with E-state index in [2.05, 4.69) is 71.5 Å². The Hall–Kier alpha value is -3.40. The molecule has 2 aromatic heterocycles. The molecule has 2 aromatic carbocycles. The Labute approximate surface area is 165 Å². The third kappa shape index (κ3) is 3.29. The third-order valence-electron chi connectivity index (χ3n) is 5.16. The normalized spacial score (nSPS) is 10.9. The van der Waals surface area contributed by atoms with Crippen molar-refractivity contribution in [3.63, 3.8) is 0 Å². The van der Waals surface area contributed by atoms with Crippen molar-refractivity contribution in [2.75, 3.05) is 11.9 Å². The number of rotatable bonds is 4. The highest BCUT2D eigenvalue weighted by molar-refractivity contribution is 5.77. The molecule has 0 radical (unpaired) electrons. The SMILES string of the molecule is Cc1ccc(-c2c(C)noc2C)cc1N(C)c1ccc(-c2ccncc2)cc1. The molecule has 0 unspecified atom stereocenters. The van der Waals surface area contributed by atoms with Gasteiger partial charge in [-0.15, -0.1) is 0 Å². The van der Waals surface area contributed by atoms with Gasteiger partial charge in [0.15, 0.2) is 0 Å². The van der Waals surface area contributed by atoms with Crippen molar-refractivity contribution in [2.45, 2.75) is 20.8 Å². The van der Waals surface area contributed by atoms with Gasteiger partial charge in [0.05, 0.1) is 5.69 Å². The number of nitrogens with zero attached hydrogens (tertiary/aromatic N) is 3. The van der Waals surface area contributed by atoms with Crippen molar-refractivity contribution < 1.29 is 4.52 Å². The molecule has 0 aliphatic carbocycles. The fourth-order valence-electron chi connectivity index (χ4n) is 3.58. The van der Waals surface area contributed by atoms with Gasteiger partial charge in [-0.3, -0.25) is 4.98 Å². The van der Waals surface area contributed by atoms with Crippen LogP contribution >= 0.6 is 0 Å². The Kier molecular flexibility index (Phi) is 4.70. The van der Waals surface area contributed by atoms with Gasteiger partial charge in [0.1, 0.15) is 5.76 Å². The summed E-state index contributed by atoms with van der Waals surface area (Å²) in [7, 11) is 2.10. The van der Waals surface area contributed by atoms with Crippen LogP contribution in [0.5, 0.6) is 0 Å². The molecule has 0 saturated carbocycles. The van der Waals surface area contributed by atoms with Crippen LogP contribution in [0.15, 0.2) is 71.5 Å². The van der Waals surface area contributed by atoms with E-state index in [1.54, 1.807) is 0 Å². The van der Waals surface area contributed by atoms with Gasteiger partial charge < -0.3 is 9.42 Å². The van der Waals surface area contributed by atoms with E-state index in [0.717, 1.165) is 34.0 Å². The molecule has 0 saturated heterocycles. The van der Waals surface area contributed by atoms with Crippen LogP contribution in [-0.2, 0) is 0 Å². The molecule has 4 aromatic rings. The minimum atomic E-state index is 0.844. The van der Waals surface area contributed by atoms with Crippen LogP contribution in [0.4, 0.5) is 11.4 Å². The molecule has 0 amide bonds. The summed E-state index contributed by atoms with van der Waals surface area (Å²) in [6, 6.07) is 19.1. The zero-order valence-corrected chi connectivity index (χ0v) is 16.6. The van der Waals surface area contributed by atoms with Gasteiger partial charge in [-0.25, -0.2) is 0 Å². The zero-order valence-electron chi connectivity index (χ0n) is 16.6. The summed E-state index contributed by atoms with van der Waals surface area (Å²) in [5.74, 6) is 0.844. The smallest absolute Gasteiger partial charge is 0.141 e. The van der Waals surface area contributed by atoms with Gasteiger partial charge in [-0.2, -0.15) is 0 Å². The molecule has 140 valence electrons. The quantitative estimate of drug-likeness (QED) is 0.436. The minimum absolute atomic E-state index is 0.844. The van der Waals surface area contributed by atoms with E-state index < -0.39 is 0 Å². The van der Waals surface area contributed by atoms with Crippen molar-refractivity contribution in [2.24, 2.45) is 0 Å². The Balaban J connectivity index is 1.68. The molecule has 4 nitrogen and oxygen atoms in total. The molecule has 0 aliphatic heterocycles. The van der Waals surface area contributed by atoms with Crippen molar-refractivity contribution in [1.29, 1.82) is 0 Å². The molecule has 2 heterocycles. The van der Waals surface area contributed by atoms with Crippen LogP contribution < -0.4 is 4.90 Å². The van der Waals surface area contributed by atoms with Crippen LogP contribution in [-0.4, -0.2) is 17.2 Å². The van der Waals surface area contributed by atoms with E-state index >= 15 is 0 Å². The van der Waals surface area contributed by atoms with E-state index in [1.807, 2.05) is 38.4 Å². The molecule has 0 aliphatic rings. The summed E-state index contributed by atoms with van der Waals surface area (Å²) in [5, 5.41) is 4.09. The van der Waals surface area contributed by atoms with Gasteiger partial charge in [-0.1, -0.05) is 29.4 Å². The number of anilines is 2.